The van der Waals surface area contributed by atoms with Crippen molar-refractivity contribution in [3.8, 4) is 0 Å². The van der Waals surface area contributed by atoms with E-state index in [1.165, 1.54) is 24.3 Å². The third kappa shape index (κ3) is 5.02. The minimum absolute atomic E-state index is 0.0916. The highest BCUT2D eigenvalue weighted by Gasteiger charge is 2.29. The Kier molecular flexibility index (Phi) is 6.82. The molecule has 1 rings (SSSR count). The van der Waals surface area contributed by atoms with Crippen LogP contribution in [0.4, 0.5) is 11.4 Å². The second-order valence-corrected chi connectivity index (χ2v) is 4.42. The maximum absolute atomic E-state index is 10.5. The zero-order valence-electron chi connectivity index (χ0n) is 11.4. The van der Waals surface area contributed by atoms with Crippen LogP contribution in [0.15, 0.2) is 29.4 Å². The van der Waals surface area contributed by atoms with Gasteiger partial charge in [-0.05, 0) is 12.1 Å². The van der Waals surface area contributed by atoms with Gasteiger partial charge in [-0.1, -0.05) is 0 Å². The van der Waals surface area contributed by atoms with E-state index in [0.29, 0.717) is 5.69 Å². The summed E-state index contributed by atoms with van der Waals surface area (Å²) < 4.78 is 0. The number of anilines is 1. The highest BCUT2D eigenvalue weighted by atomic mass is 16.6. The number of hydrogen-bond donors (Lipinski definition) is 6. The number of nitro benzene ring substituents is 1. The Morgan fingerprint density at radius 3 is 2.27 bits per heavy atom. The lowest BCUT2D eigenvalue weighted by Gasteiger charge is -2.23. The number of aliphatic hydroxyl groups excluding tert-OH is 5. The second kappa shape index (κ2) is 8.36. The molecule has 0 fully saturated rings. The zero-order valence-corrected chi connectivity index (χ0v) is 11.4. The molecule has 0 aliphatic heterocycles. The van der Waals surface area contributed by atoms with Crippen molar-refractivity contribution in [1.82, 2.24) is 0 Å². The fourth-order valence-corrected chi connectivity index (χ4v) is 1.47. The molecule has 0 unspecified atom stereocenters. The number of hydrogen-bond acceptors (Lipinski definition) is 9. The van der Waals surface area contributed by atoms with Crippen LogP contribution in [-0.4, -0.2) is 67.7 Å². The lowest BCUT2D eigenvalue weighted by Crippen LogP contribution is -2.46. The predicted molar refractivity (Wildman–Crippen MR) is 76.3 cm³/mol. The molecule has 1 aromatic rings. The van der Waals surface area contributed by atoms with Gasteiger partial charge in [0.15, 0.2) is 0 Å². The molecule has 0 heterocycles. The summed E-state index contributed by atoms with van der Waals surface area (Å²) >= 11 is 0. The molecule has 6 N–H and O–H groups in total. The maximum Gasteiger partial charge on any atom is 0.269 e. The van der Waals surface area contributed by atoms with Gasteiger partial charge in [-0.3, -0.25) is 15.5 Å². The van der Waals surface area contributed by atoms with Crippen molar-refractivity contribution in [2.24, 2.45) is 5.10 Å². The highest BCUT2D eigenvalue weighted by molar-refractivity contribution is 5.65. The maximum atomic E-state index is 10.5. The lowest BCUT2D eigenvalue weighted by atomic mass is 10.0. The first-order valence-electron chi connectivity index (χ1n) is 6.23. The largest absolute Gasteiger partial charge is 0.394 e. The van der Waals surface area contributed by atoms with E-state index < -0.39 is 35.9 Å². The SMILES string of the molecule is O=[N+]([O-])c1ccc(NN=C[C@H](O)[C@@H](O)[C@H](O)[C@H](O)CO)cc1. The molecule has 0 saturated heterocycles. The van der Waals surface area contributed by atoms with Crippen LogP contribution in [0.3, 0.4) is 0 Å². The molecule has 0 saturated carbocycles. The van der Waals surface area contributed by atoms with Crippen molar-refractivity contribution in [3.05, 3.63) is 34.4 Å². The van der Waals surface area contributed by atoms with Gasteiger partial charge < -0.3 is 25.5 Å². The van der Waals surface area contributed by atoms with Crippen molar-refractivity contribution in [1.29, 1.82) is 0 Å². The van der Waals surface area contributed by atoms with E-state index in [1.54, 1.807) is 0 Å². The number of nitrogens with one attached hydrogen (secondary N) is 1. The highest BCUT2D eigenvalue weighted by Crippen LogP contribution is 2.15. The average molecular weight is 315 g/mol. The molecule has 22 heavy (non-hydrogen) atoms. The Hall–Kier alpha value is -2.11. The van der Waals surface area contributed by atoms with Crippen LogP contribution in [0.2, 0.25) is 0 Å². The Morgan fingerprint density at radius 2 is 1.77 bits per heavy atom. The van der Waals surface area contributed by atoms with Crippen molar-refractivity contribution in [2.75, 3.05) is 12.0 Å². The first-order chi connectivity index (χ1) is 10.4. The summed E-state index contributed by atoms with van der Waals surface area (Å²) in [6.45, 7) is -0.775. The van der Waals surface area contributed by atoms with Crippen LogP contribution in [0, 0.1) is 10.1 Å². The normalized spacial score (nSPS) is 17.0. The molecule has 0 aliphatic carbocycles. The molecule has 10 heteroatoms. The van der Waals surface area contributed by atoms with Crippen LogP contribution in [-0.2, 0) is 0 Å². The number of aliphatic hydroxyl groups is 5. The number of rotatable bonds is 8. The Morgan fingerprint density at radius 1 is 1.18 bits per heavy atom. The van der Waals surface area contributed by atoms with Gasteiger partial charge in [0.25, 0.3) is 5.69 Å². The van der Waals surface area contributed by atoms with E-state index in [4.69, 9.17) is 10.2 Å². The van der Waals surface area contributed by atoms with Gasteiger partial charge in [-0.25, -0.2) is 0 Å². The van der Waals surface area contributed by atoms with Gasteiger partial charge in [0.05, 0.1) is 23.4 Å². The van der Waals surface area contributed by atoms with Crippen molar-refractivity contribution in [3.63, 3.8) is 0 Å². The van der Waals surface area contributed by atoms with Crippen LogP contribution in [0.5, 0.6) is 0 Å². The molecule has 122 valence electrons. The second-order valence-electron chi connectivity index (χ2n) is 4.42. The topological polar surface area (TPSA) is 169 Å². The molecule has 1 aromatic carbocycles. The lowest BCUT2D eigenvalue weighted by molar-refractivity contribution is -0.384. The van der Waals surface area contributed by atoms with Crippen molar-refractivity contribution >= 4 is 17.6 Å². The predicted octanol–water partition coefficient (Wildman–Crippen LogP) is -1.57. The summed E-state index contributed by atoms with van der Waals surface area (Å²) in [6.07, 6.45) is -5.81. The third-order valence-corrected chi connectivity index (χ3v) is 2.78. The number of hydrazone groups is 1. The summed E-state index contributed by atoms with van der Waals surface area (Å²) in [4.78, 5) is 9.91. The molecular formula is C12H17N3O7. The summed E-state index contributed by atoms with van der Waals surface area (Å²) in [5, 5.41) is 60.3. The minimum Gasteiger partial charge on any atom is -0.394 e. The minimum atomic E-state index is -1.75. The Labute approximate surface area is 125 Å². The van der Waals surface area contributed by atoms with Crippen LogP contribution in [0.1, 0.15) is 0 Å². The monoisotopic (exact) mass is 315 g/mol. The standard InChI is InChI=1S/C12H17N3O7/c16-6-10(18)12(20)11(19)9(17)5-13-14-7-1-3-8(4-2-7)15(21)22/h1-5,9-12,14,16-20H,6H2/t9-,10+,11+,12+/m0/s1. The third-order valence-electron chi connectivity index (χ3n) is 2.78. The molecule has 10 nitrogen and oxygen atoms in total. The fourth-order valence-electron chi connectivity index (χ4n) is 1.47. The zero-order chi connectivity index (χ0) is 16.7. The molecular weight excluding hydrogens is 298 g/mol. The molecule has 0 aromatic heterocycles. The number of nitro groups is 1. The summed E-state index contributed by atoms with van der Waals surface area (Å²) in [5.74, 6) is 0. The first kappa shape index (κ1) is 17.9. The molecule has 0 aliphatic rings. The molecule has 0 spiro atoms. The van der Waals surface area contributed by atoms with Gasteiger partial charge >= 0.3 is 0 Å². The van der Waals surface area contributed by atoms with Gasteiger partial charge in [0.2, 0.25) is 0 Å². The Bertz CT molecular complexity index is 508. The van der Waals surface area contributed by atoms with Gasteiger partial charge in [-0.15, -0.1) is 0 Å². The molecule has 0 radical (unpaired) electrons. The van der Waals surface area contributed by atoms with E-state index in [9.17, 15) is 25.4 Å². The first-order valence-corrected chi connectivity index (χ1v) is 6.23. The molecule has 0 amide bonds. The Balaban J connectivity index is 2.55. The van der Waals surface area contributed by atoms with Crippen LogP contribution < -0.4 is 5.43 Å². The van der Waals surface area contributed by atoms with E-state index in [1.807, 2.05) is 0 Å². The van der Waals surface area contributed by atoms with E-state index >= 15 is 0 Å². The van der Waals surface area contributed by atoms with Gasteiger partial charge in [0, 0.05) is 12.1 Å². The smallest absolute Gasteiger partial charge is 0.269 e. The van der Waals surface area contributed by atoms with Crippen molar-refractivity contribution < 1.29 is 30.5 Å². The quantitative estimate of drug-likeness (QED) is 0.190. The summed E-state index contributed by atoms with van der Waals surface area (Å²) in [7, 11) is 0. The van der Waals surface area contributed by atoms with Crippen LogP contribution >= 0.6 is 0 Å². The summed E-state index contributed by atoms with van der Waals surface area (Å²) in [5.41, 5.74) is 2.77. The molecule has 4 atom stereocenters. The number of benzene rings is 1. The number of nitrogens with zero attached hydrogens (tertiary/aromatic N) is 2. The number of non-ortho nitro benzene ring substituents is 1. The molecule has 0 bridgehead atoms. The fraction of sp³-hybridized carbons (Fsp3) is 0.417. The van der Waals surface area contributed by atoms with E-state index in [2.05, 4.69) is 10.5 Å². The van der Waals surface area contributed by atoms with E-state index in [-0.39, 0.29) is 5.69 Å². The average Bonchev–Trinajstić information content (AvgIpc) is 2.52. The summed E-state index contributed by atoms with van der Waals surface area (Å²) in [6, 6.07) is 5.29. The van der Waals surface area contributed by atoms with Gasteiger partial charge in [-0.2, -0.15) is 5.10 Å². The van der Waals surface area contributed by atoms with Crippen LogP contribution in [0.25, 0.3) is 0 Å². The van der Waals surface area contributed by atoms with E-state index in [0.717, 1.165) is 6.21 Å². The van der Waals surface area contributed by atoms with Gasteiger partial charge in [0.1, 0.15) is 24.4 Å². The van der Waals surface area contributed by atoms with Crippen molar-refractivity contribution in [2.45, 2.75) is 24.4 Å².